The molecule has 6 rings (SSSR count). The molecular weight excluding hydrogens is 494 g/mol. The molecule has 2 bridgehead atoms. The fraction of sp³-hybridized carbons (Fsp3) is 0.520. The zero-order valence-corrected chi connectivity index (χ0v) is 19.7. The molecule has 0 unspecified atom stereocenters. The molecule has 1 aliphatic carbocycles. The van der Waals surface area contributed by atoms with Gasteiger partial charge in [0.2, 0.25) is 11.8 Å². The van der Waals surface area contributed by atoms with Gasteiger partial charge < -0.3 is 20.5 Å². The summed E-state index contributed by atoms with van der Waals surface area (Å²) < 4.78 is 58.3. The van der Waals surface area contributed by atoms with E-state index in [4.69, 9.17) is 0 Å². The Hall–Kier alpha value is -3.62. The average molecular weight is 519 g/mol. The maximum atomic E-state index is 14.9. The molecule has 37 heavy (non-hydrogen) atoms. The Labute approximate surface area is 209 Å². The first-order chi connectivity index (χ1) is 17.6. The molecule has 4 heterocycles. The van der Waals surface area contributed by atoms with Gasteiger partial charge in [0.05, 0.1) is 17.5 Å². The van der Waals surface area contributed by atoms with Gasteiger partial charge in [0.25, 0.3) is 11.8 Å². The van der Waals surface area contributed by atoms with E-state index in [1.165, 1.54) is 0 Å². The van der Waals surface area contributed by atoms with Crippen LogP contribution in [0.3, 0.4) is 0 Å². The number of nitrogens with zero attached hydrogens (tertiary/aromatic N) is 2. The van der Waals surface area contributed by atoms with Crippen LogP contribution in [0.5, 0.6) is 0 Å². The van der Waals surface area contributed by atoms with Crippen molar-refractivity contribution < 1.29 is 31.9 Å². The lowest BCUT2D eigenvalue weighted by Crippen LogP contribution is -2.68. The third-order valence-corrected chi connectivity index (χ3v) is 7.75. The minimum absolute atomic E-state index is 0.00224. The molecule has 0 spiro atoms. The van der Waals surface area contributed by atoms with Crippen LogP contribution >= 0.6 is 0 Å². The van der Waals surface area contributed by atoms with Gasteiger partial charge in [-0.15, -0.1) is 0 Å². The Kier molecular flexibility index (Phi) is 6.33. The Balaban J connectivity index is 1.43. The van der Waals surface area contributed by atoms with Crippen LogP contribution in [0.25, 0.3) is 10.9 Å². The number of hydrogen-bond donors (Lipinski definition) is 3. The summed E-state index contributed by atoms with van der Waals surface area (Å²) in [4.78, 5) is 42.6. The summed E-state index contributed by atoms with van der Waals surface area (Å²) in [5, 5.41) is 14.6. The summed E-state index contributed by atoms with van der Waals surface area (Å²) in [5.74, 6) is -8.76. The van der Waals surface area contributed by atoms with Crippen molar-refractivity contribution in [1.82, 2.24) is 20.5 Å². The number of nitriles is 1. The van der Waals surface area contributed by atoms with Gasteiger partial charge in [-0.2, -0.15) is 5.26 Å². The first-order valence-corrected chi connectivity index (χ1v) is 12.3. The van der Waals surface area contributed by atoms with Gasteiger partial charge in [-0.3, -0.25) is 14.4 Å². The van der Waals surface area contributed by atoms with Crippen LogP contribution in [0, 0.1) is 34.8 Å². The minimum Gasteiger partial charge on any atom is -0.356 e. The normalized spacial score (nSPS) is 27.4. The number of benzene rings is 1. The van der Waals surface area contributed by atoms with E-state index in [0.29, 0.717) is 13.0 Å². The van der Waals surface area contributed by atoms with Crippen molar-refractivity contribution in [1.29, 1.82) is 5.26 Å². The largest absolute Gasteiger partial charge is 0.356 e. The zero-order chi connectivity index (χ0) is 26.5. The van der Waals surface area contributed by atoms with E-state index in [9.17, 15) is 37.2 Å². The van der Waals surface area contributed by atoms with Crippen molar-refractivity contribution >= 4 is 28.6 Å². The van der Waals surface area contributed by atoms with E-state index in [1.807, 2.05) is 6.07 Å². The van der Waals surface area contributed by atoms with Crippen LogP contribution in [0.2, 0.25) is 0 Å². The van der Waals surface area contributed by atoms with Gasteiger partial charge in [-0.1, -0.05) is 0 Å². The lowest BCUT2D eigenvalue weighted by atomic mass is 9.71. The maximum absolute atomic E-state index is 14.9. The first kappa shape index (κ1) is 25.0. The summed E-state index contributed by atoms with van der Waals surface area (Å²) >= 11 is 0. The number of alkyl halides is 2. The van der Waals surface area contributed by atoms with E-state index in [0.717, 1.165) is 29.5 Å². The van der Waals surface area contributed by atoms with E-state index in [-0.39, 0.29) is 41.8 Å². The number of carbonyl (C=O) groups is 3. The molecule has 5 atom stereocenters. The second-order valence-corrected chi connectivity index (χ2v) is 10.0. The van der Waals surface area contributed by atoms with Gasteiger partial charge in [0.15, 0.2) is 0 Å². The van der Waals surface area contributed by atoms with Gasteiger partial charge in [-0.05, 0) is 50.3 Å². The Morgan fingerprint density at radius 3 is 2.65 bits per heavy atom. The van der Waals surface area contributed by atoms with E-state index >= 15 is 0 Å². The maximum Gasteiger partial charge on any atom is 0.271 e. The van der Waals surface area contributed by atoms with Crippen LogP contribution in [0.1, 0.15) is 49.0 Å². The zero-order valence-electron chi connectivity index (χ0n) is 19.7. The number of aromatic amines is 1. The summed E-state index contributed by atoms with van der Waals surface area (Å²) in [6, 6.07) is 1.14. The molecular formula is C25H25F4N5O3. The molecule has 2 aromatic rings. The van der Waals surface area contributed by atoms with Crippen molar-refractivity contribution in [2.45, 2.75) is 62.6 Å². The second kappa shape index (κ2) is 9.36. The number of carbonyl (C=O) groups excluding carboxylic acids is 3. The molecule has 12 heteroatoms. The van der Waals surface area contributed by atoms with E-state index < -0.39 is 65.8 Å². The van der Waals surface area contributed by atoms with Crippen molar-refractivity contribution in [2.75, 3.05) is 6.54 Å². The van der Waals surface area contributed by atoms with Crippen LogP contribution in [0.15, 0.2) is 18.2 Å². The third-order valence-electron chi connectivity index (χ3n) is 7.75. The molecule has 3 N–H and O–H groups in total. The predicted octanol–water partition coefficient (Wildman–Crippen LogP) is 3.00. The van der Waals surface area contributed by atoms with Crippen LogP contribution < -0.4 is 10.6 Å². The SMILES string of the molecule is N#C[C@H](C[C@@H]1CCCNC1=O)NC(=O)[C@@H]1[C@H]2CC[C@H](CC2(F)F)N1C(=O)c1cc2c(F)ccc(F)c2[nH]1. The van der Waals surface area contributed by atoms with Gasteiger partial charge in [-0.25, -0.2) is 17.6 Å². The summed E-state index contributed by atoms with van der Waals surface area (Å²) in [5.41, 5.74) is -0.476. The molecule has 3 saturated heterocycles. The summed E-state index contributed by atoms with van der Waals surface area (Å²) in [7, 11) is 0. The number of fused-ring (bicyclic) bond motifs is 4. The number of nitrogens with one attached hydrogen (secondary N) is 3. The molecule has 0 radical (unpaired) electrons. The Bertz CT molecular complexity index is 1270. The quantitative estimate of drug-likeness (QED) is 0.527. The number of rotatable bonds is 5. The number of piperidine rings is 3. The fourth-order valence-electron chi connectivity index (χ4n) is 5.95. The summed E-state index contributed by atoms with van der Waals surface area (Å²) in [6.45, 7) is 0.526. The molecule has 1 aromatic heterocycles. The summed E-state index contributed by atoms with van der Waals surface area (Å²) in [6.07, 6.45) is 0.861. The Morgan fingerprint density at radius 2 is 1.97 bits per heavy atom. The molecule has 3 amide bonds. The number of halogens is 4. The molecule has 196 valence electrons. The molecule has 8 nitrogen and oxygen atoms in total. The first-order valence-electron chi connectivity index (χ1n) is 12.3. The highest BCUT2D eigenvalue weighted by Gasteiger charge is 2.60. The smallest absolute Gasteiger partial charge is 0.271 e. The second-order valence-electron chi connectivity index (χ2n) is 10.0. The third kappa shape index (κ3) is 4.40. The van der Waals surface area contributed by atoms with Crippen LogP contribution in [-0.2, 0) is 9.59 Å². The monoisotopic (exact) mass is 519 g/mol. The number of H-pyrrole nitrogens is 1. The van der Waals surface area contributed by atoms with Crippen molar-refractivity contribution in [2.24, 2.45) is 11.8 Å². The minimum atomic E-state index is -3.22. The number of aromatic nitrogens is 1. The van der Waals surface area contributed by atoms with E-state index in [1.54, 1.807) is 0 Å². The highest BCUT2D eigenvalue weighted by molar-refractivity contribution is 6.01. The lowest BCUT2D eigenvalue weighted by molar-refractivity contribution is -0.179. The van der Waals surface area contributed by atoms with Gasteiger partial charge in [0, 0.05) is 30.3 Å². The average Bonchev–Trinajstić information content (AvgIpc) is 3.33. The van der Waals surface area contributed by atoms with E-state index in [2.05, 4.69) is 15.6 Å². The molecule has 3 aliphatic heterocycles. The fourth-order valence-corrected chi connectivity index (χ4v) is 5.95. The number of hydrogen-bond acceptors (Lipinski definition) is 4. The highest BCUT2D eigenvalue weighted by Crippen LogP contribution is 2.49. The van der Waals surface area contributed by atoms with Crippen LogP contribution in [-0.4, -0.2) is 58.2 Å². The molecule has 4 aliphatic rings. The molecule has 1 aromatic carbocycles. The Morgan fingerprint density at radius 1 is 1.22 bits per heavy atom. The topological polar surface area (TPSA) is 118 Å². The van der Waals surface area contributed by atoms with Gasteiger partial charge >= 0.3 is 0 Å². The van der Waals surface area contributed by atoms with Crippen molar-refractivity contribution in [3.63, 3.8) is 0 Å². The lowest BCUT2D eigenvalue weighted by Gasteiger charge is -2.53. The molecule has 1 saturated carbocycles. The van der Waals surface area contributed by atoms with Crippen molar-refractivity contribution in [3.05, 3.63) is 35.5 Å². The van der Waals surface area contributed by atoms with Gasteiger partial charge in [0.1, 0.15) is 29.4 Å². The standard InChI is InChI=1S/C25H25F4N5O3/c26-17-5-6-18(27)20-15(17)9-19(33-20)24(37)34-14-3-4-16(25(28,29)10-14)21(34)23(36)32-13(11-30)8-12-2-1-7-31-22(12)35/h5-6,9,12-14,16,21,33H,1-4,7-8,10H2,(H,31,35)(H,32,36)/t12-,13-,14+,16+,21-/m0/s1. The molecule has 4 fully saturated rings. The highest BCUT2D eigenvalue weighted by atomic mass is 19.3. The predicted molar refractivity (Wildman–Crippen MR) is 122 cm³/mol. The van der Waals surface area contributed by atoms with Crippen LogP contribution in [0.4, 0.5) is 17.6 Å². The van der Waals surface area contributed by atoms with Crippen molar-refractivity contribution in [3.8, 4) is 6.07 Å². The number of amides is 3.